The van der Waals surface area contributed by atoms with Crippen molar-refractivity contribution in [2.45, 2.75) is 25.7 Å². The Morgan fingerprint density at radius 3 is 2.91 bits per heavy atom. The van der Waals surface area contributed by atoms with Crippen LogP contribution in [0.15, 0.2) is 27.1 Å². The number of nitrogens with one attached hydrogen (secondary N) is 1. The molecule has 0 saturated carbocycles. The minimum Gasteiger partial charge on any atom is -0.483 e. The van der Waals surface area contributed by atoms with Crippen LogP contribution in [0.2, 0.25) is 0 Å². The minimum atomic E-state index is -0.194. The molecular weight excluding hydrogens is 432 g/mol. The van der Waals surface area contributed by atoms with Gasteiger partial charge in [0.2, 0.25) is 0 Å². The zero-order valence-electron chi connectivity index (χ0n) is 11.7. The number of rotatable bonds is 4. The van der Waals surface area contributed by atoms with Crippen LogP contribution >= 0.6 is 43.2 Å². The normalized spacial score (nSPS) is 13.5. The summed E-state index contributed by atoms with van der Waals surface area (Å²) in [7, 11) is 0. The van der Waals surface area contributed by atoms with Crippen molar-refractivity contribution >= 4 is 54.2 Å². The van der Waals surface area contributed by atoms with Crippen LogP contribution in [-0.2, 0) is 17.6 Å². The van der Waals surface area contributed by atoms with Crippen LogP contribution in [0.1, 0.15) is 23.4 Å². The molecule has 3 rings (SSSR count). The van der Waals surface area contributed by atoms with Crippen molar-refractivity contribution in [3.8, 4) is 5.75 Å². The highest BCUT2D eigenvalue weighted by Gasteiger charge is 2.16. The van der Waals surface area contributed by atoms with E-state index in [1.54, 1.807) is 11.3 Å². The summed E-state index contributed by atoms with van der Waals surface area (Å²) in [4.78, 5) is 17.8. The summed E-state index contributed by atoms with van der Waals surface area (Å²) >= 11 is 8.36. The van der Waals surface area contributed by atoms with Crippen molar-refractivity contribution in [1.82, 2.24) is 4.98 Å². The molecule has 0 aliphatic heterocycles. The molecule has 0 unspecified atom stereocenters. The lowest BCUT2D eigenvalue weighted by molar-refractivity contribution is -0.118. The number of carbonyl (C=O) groups is 1. The van der Waals surface area contributed by atoms with Crippen LogP contribution in [0.25, 0.3) is 0 Å². The van der Waals surface area contributed by atoms with Gasteiger partial charge in [-0.3, -0.25) is 10.1 Å². The summed E-state index contributed by atoms with van der Waals surface area (Å²) in [6.07, 6.45) is 4.49. The number of aryl methyl sites for hydroxylation is 2. The average molecular weight is 446 g/mol. The van der Waals surface area contributed by atoms with Crippen molar-refractivity contribution in [1.29, 1.82) is 0 Å². The smallest absolute Gasteiger partial charge is 0.264 e. The van der Waals surface area contributed by atoms with Crippen molar-refractivity contribution in [2.24, 2.45) is 0 Å². The molecule has 1 aliphatic rings. The number of ether oxygens (including phenoxy) is 1. The Balaban J connectivity index is 1.57. The molecule has 1 aromatic heterocycles. The molecule has 22 heavy (non-hydrogen) atoms. The number of aromatic nitrogens is 1. The Labute approximate surface area is 149 Å². The molecule has 1 N–H and O–H groups in total. The van der Waals surface area contributed by atoms with Crippen LogP contribution in [0.4, 0.5) is 5.13 Å². The molecule has 0 radical (unpaired) electrons. The van der Waals surface area contributed by atoms with E-state index >= 15 is 0 Å². The fourth-order valence-electron chi connectivity index (χ4n) is 2.30. The number of carbonyl (C=O) groups excluding carboxylic acids is 1. The second-order valence-corrected chi connectivity index (χ2v) is 7.86. The predicted octanol–water partition coefficient (Wildman–Crippen LogP) is 4.56. The largest absolute Gasteiger partial charge is 0.483 e. The Kier molecular flexibility index (Phi) is 5.15. The highest BCUT2D eigenvalue weighted by atomic mass is 79.9. The van der Waals surface area contributed by atoms with Gasteiger partial charge in [-0.25, -0.2) is 4.98 Å². The van der Waals surface area contributed by atoms with E-state index in [1.807, 2.05) is 18.2 Å². The number of hydrogen-bond donors (Lipinski definition) is 1. The van der Waals surface area contributed by atoms with Crippen LogP contribution in [0, 0.1) is 0 Å². The fourth-order valence-corrected chi connectivity index (χ4v) is 4.52. The molecule has 7 heteroatoms. The number of anilines is 1. The van der Waals surface area contributed by atoms with Gasteiger partial charge in [0.15, 0.2) is 11.7 Å². The van der Waals surface area contributed by atoms with Gasteiger partial charge in [-0.05, 0) is 59.8 Å². The number of thiazole rings is 1. The van der Waals surface area contributed by atoms with Crippen molar-refractivity contribution in [3.63, 3.8) is 0 Å². The first-order valence-electron chi connectivity index (χ1n) is 6.98. The molecule has 4 nitrogen and oxygen atoms in total. The monoisotopic (exact) mass is 444 g/mol. The van der Waals surface area contributed by atoms with Gasteiger partial charge < -0.3 is 4.74 Å². The van der Waals surface area contributed by atoms with Gasteiger partial charge in [0.25, 0.3) is 5.91 Å². The van der Waals surface area contributed by atoms with Crippen molar-refractivity contribution < 1.29 is 9.53 Å². The lowest BCUT2D eigenvalue weighted by Gasteiger charge is -2.07. The van der Waals surface area contributed by atoms with Gasteiger partial charge in [-0.2, -0.15) is 0 Å². The third-order valence-electron chi connectivity index (χ3n) is 3.34. The van der Waals surface area contributed by atoms with Gasteiger partial charge >= 0.3 is 0 Å². The fraction of sp³-hybridized carbons (Fsp3) is 0.333. The molecule has 0 fully saturated rings. The Bertz CT molecular complexity index is 679. The quantitative estimate of drug-likeness (QED) is 0.750. The Hall–Kier alpha value is -0.920. The second-order valence-electron chi connectivity index (χ2n) is 5.01. The van der Waals surface area contributed by atoms with Gasteiger partial charge in [-0.1, -0.05) is 15.9 Å². The first kappa shape index (κ1) is 16.0. The van der Waals surface area contributed by atoms with Crippen LogP contribution in [0.5, 0.6) is 5.75 Å². The molecule has 0 spiro atoms. The molecule has 1 aliphatic carbocycles. The van der Waals surface area contributed by atoms with E-state index in [0.29, 0.717) is 10.9 Å². The van der Waals surface area contributed by atoms with Gasteiger partial charge in [0.05, 0.1) is 10.2 Å². The number of amides is 1. The summed E-state index contributed by atoms with van der Waals surface area (Å²) in [5, 5.41) is 3.50. The summed E-state index contributed by atoms with van der Waals surface area (Å²) in [5.74, 6) is 0.442. The first-order chi connectivity index (χ1) is 10.6. The maximum atomic E-state index is 12.0. The number of benzene rings is 1. The van der Waals surface area contributed by atoms with Crippen molar-refractivity contribution in [3.05, 3.63) is 37.7 Å². The van der Waals surface area contributed by atoms with Gasteiger partial charge in [0, 0.05) is 9.35 Å². The van der Waals surface area contributed by atoms with Crippen LogP contribution < -0.4 is 10.1 Å². The molecule has 1 aromatic carbocycles. The average Bonchev–Trinajstić information content (AvgIpc) is 2.88. The molecule has 116 valence electrons. The molecule has 0 atom stereocenters. The van der Waals surface area contributed by atoms with E-state index in [1.165, 1.54) is 17.7 Å². The van der Waals surface area contributed by atoms with E-state index in [-0.39, 0.29) is 12.5 Å². The van der Waals surface area contributed by atoms with Gasteiger partial charge in [-0.15, -0.1) is 11.3 Å². The van der Waals surface area contributed by atoms with E-state index in [2.05, 4.69) is 42.2 Å². The third-order valence-corrected chi connectivity index (χ3v) is 5.53. The topological polar surface area (TPSA) is 51.2 Å². The molecule has 1 amide bonds. The molecule has 0 saturated heterocycles. The van der Waals surface area contributed by atoms with Crippen LogP contribution in [-0.4, -0.2) is 17.5 Å². The molecule has 1 heterocycles. The number of fused-ring (bicyclic) bond motifs is 1. The number of hydrogen-bond acceptors (Lipinski definition) is 4. The van der Waals surface area contributed by atoms with E-state index in [9.17, 15) is 4.79 Å². The first-order valence-corrected chi connectivity index (χ1v) is 9.38. The lowest BCUT2D eigenvalue weighted by Crippen LogP contribution is -2.20. The Morgan fingerprint density at radius 2 is 2.14 bits per heavy atom. The minimum absolute atomic E-state index is 0.0372. The SMILES string of the molecule is O=C(COc1ccc(Br)cc1Br)Nc1nc2c(s1)CCCC2. The molecule has 0 bridgehead atoms. The Morgan fingerprint density at radius 1 is 1.32 bits per heavy atom. The van der Waals surface area contributed by atoms with E-state index in [0.717, 1.165) is 27.5 Å². The third kappa shape index (κ3) is 3.88. The number of nitrogens with zero attached hydrogens (tertiary/aromatic N) is 1. The van der Waals surface area contributed by atoms with E-state index in [4.69, 9.17) is 4.74 Å². The highest BCUT2D eigenvalue weighted by molar-refractivity contribution is 9.11. The second kappa shape index (κ2) is 7.10. The predicted molar refractivity (Wildman–Crippen MR) is 94.7 cm³/mol. The maximum Gasteiger partial charge on any atom is 0.264 e. The van der Waals surface area contributed by atoms with Crippen LogP contribution in [0.3, 0.4) is 0 Å². The summed E-state index contributed by atoms with van der Waals surface area (Å²) in [5.41, 5.74) is 1.14. The van der Waals surface area contributed by atoms with Crippen molar-refractivity contribution in [2.75, 3.05) is 11.9 Å². The molecular formula is C15H14Br2N2O2S. The summed E-state index contributed by atoms with van der Waals surface area (Å²) in [6.45, 7) is -0.0372. The lowest BCUT2D eigenvalue weighted by atomic mass is 10.0. The molecule has 2 aromatic rings. The standard InChI is InChI=1S/C15H14Br2N2O2S/c16-9-5-6-12(10(17)7-9)21-8-14(20)19-15-18-11-3-1-2-4-13(11)22-15/h5-7H,1-4,8H2,(H,18,19,20). The van der Waals surface area contributed by atoms with Gasteiger partial charge in [0.1, 0.15) is 5.75 Å². The zero-order chi connectivity index (χ0) is 15.5. The zero-order valence-corrected chi connectivity index (χ0v) is 15.7. The highest BCUT2D eigenvalue weighted by Crippen LogP contribution is 2.30. The van der Waals surface area contributed by atoms with E-state index < -0.39 is 0 Å². The summed E-state index contributed by atoms with van der Waals surface area (Å²) < 4.78 is 7.28. The number of halogens is 2. The summed E-state index contributed by atoms with van der Waals surface area (Å²) in [6, 6.07) is 5.55. The maximum absolute atomic E-state index is 12.0.